The summed E-state index contributed by atoms with van der Waals surface area (Å²) in [5, 5.41) is 12.8. The molecule has 0 amide bonds. The lowest BCUT2D eigenvalue weighted by Gasteiger charge is -2.04. The van der Waals surface area contributed by atoms with Crippen molar-refractivity contribution in [2.75, 3.05) is 0 Å². The predicted molar refractivity (Wildman–Crippen MR) is 47.5 cm³/mol. The molecule has 0 bridgehead atoms. The minimum Gasteiger partial charge on any atom is -0.480 e. The van der Waals surface area contributed by atoms with Crippen molar-refractivity contribution in [3.05, 3.63) is 16.9 Å². The fourth-order valence-electron chi connectivity index (χ4n) is 0.947. The Bertz CT molecular complexity index is 324. The van der Waals surface area contributed by atoms with Crippen molar-refractivity contribution in [2.24, 2.45) is 5.73 Å². The number of carbonyl (C=O) groups is 1. The van der Waals surface area contributed by atoms with Gasteiger partial charge in [0.15, 0.2) is 0 Å². The van der Waals surface area contributed by atoms with Crippen LogP contribution in [0.15, 0.2) is 6.20 Å². The number of aryl methyl sites for hydroxylation is 1. The molecule has 6 heteroatoms. The van der Waals surface area contributed by atoms with E-state index in [4.69, 9.17) is 22.4 Å². The van der Waals surface area contributed by atoms with E-state index in [9.17, 15) is 4.79 Å². The number of halogens is 1. The van der Waals surface area contributed by atoms with E-state index >= 15 is 0 Å². The third kappa shape index (κ3) is 1.81. The molecule has 0 radical (unpaired) electrons. The maximum Gasteiger partial charge on any atom is 0.325 e. The smallest absolute Gasteiger partial charge is 0.325 e. The third-order valence-electron chi connectivity index (χ3n) is 1.70. The molecule has 0 saturated carbocycles. The topological polar surface area (TPSA) is 81.1 Å². The summed E-state index contributed by atoms with van der Waals surface area (Å²) in [6.45, 7) is 2.44. The van der Waals surface area contributed by atoms with Crippen LogP contribution in [0.2, 0.25) is 5.15 Å². The van der Waals surface area contributed by atoms with Gasteiger partial charge < -0.3 is 10.8 Å². The molecule has 3 N–H and O–H groups in total. The molecule has 1 atom stereocenters. The van der Waals surface area contributed by atoms with E-state index in [1.165, 1.54) is 10.9 Å². The van der Waals surface area contributed by atoms with Crippen molar-refractivity contribution >= 4 is 17.6 Å². The average Bonchev–Trinajstić information content (AvgIpc) is 2.45. The van der Waals surface area contributed by atoms with E-state index in [1.807, 2.05) is 6.92 Å². The summed E-state index contributed by atoms with van der Waals surface area (Å²) in [6, 6.07) is -1.10. The highest BCUT2D eigenvalue weighted by Crippen LogP contribution is 2.20. The molecule has 1 aromatic rings. The summed E-state index contributed by atoms with van der Waals surface area (Å²) >= 11 is 5.82. The van der Waals surface area contributed by atoms with Gasteiger partial charge in [0.05, 0.1) is 6.20 Å². The molecule has 13 heavy (non-hydrogen) atoms. The second-order valence-corrected chi connectivity index (χ2v) is 2.88. The fourth-order valence-corrected chi connectivity index (χ4v) is 1.28. The summed E-state index contributed by atoms with van der Waals surface area (Å²) in [6.07, 6.45) is 1.38. The van der Waals surface area contributed by atoms with Gasteiger partial charge in [0.2, 0.25) is 0 Å². The van der Waals surface area contributed by atoms with E-state index in [0.29, 0.717) is 12.1 Å². The van der Waals surface area contributed by atoms with Crippen LogP contribution in [0.4, 0.5) is 0 Å². The number of nitrogens with two attached hydrogens (primary N) is 1. The number of hydrogen-bond acceptors (Lipinski definition) is 3. The van der Waals surface area contributed by atoms with E-state index in [1.54, 1.807) is 0 Å². The zero-order valence-corrected chi connectivity index (χ0v) is 7.82. The Balaban J connectivity index is 3.02. The van der Waals surface area contributed by atoms with Gasteiger partial charge in [-0.05, 0) is 6.92 Å². The van der Waals surface area contributed by atoms with Gasteiger partial charge >= 0.3 is 5.97 Å². The van der Waals surface area contributed by atoms with Crippen molar-refractivity contribution in [1.29, 1.82) is 0 Å². The van der Waals surface area contributed by atoms with Crippen molar-refractivity contribution in [2.45, 2.75) is 19.5 Å². The minimum absolute atomic E-state index is 0.289. The highest BCUT2D eigenvalue weighted by Gasteiger charge is 2.20. The summed E-state index contributed by atoms with van der Waals surface area (Å²) in [4.78, 5) is 10.5. The van der Waals surface area contributed by atoms with Crippen molar-refractivity contribution in [1.82, 2.24) is 9.78 Å². The van der Waals surface area contributed by atoms with E-state index in [-0.39, 0.29) is 5.15 Å². The van der Waals surface area contributed by atoms with Crippen molar-refractivity contribution in [3.8, 4) is 0 Å². The van der Waals surface area contributed by atoms with Gasteiger partial charge in [-0.25, -0.2) is 0 Å². The first-order valence-corrected chi connectivity index (χ1v) is 4.15. The largest absolute Gasteiger partial charge is 0.480 e. The highest BCUT2D eigenvalue weighted by atomic mass is 35.5. The van der Waals surface area contributed by atoms with Gasteiger partial charge in [-0.2, -0.15) is 5.10 Å². The highest BCUT2D eigenvalue weighted by molar-refractivity contribution is 6.30. The van der Waals surface area contributed by atoms with E-state index in [0.717, 1.165) is 0 Å². The Kier molecular flexibility index (Phi) is 2.90. The van der Waals surface area contributed by atoms with Gasteiger partial charge in [0.25, 0.3) is 0 Å². The van der Waals surface area contributed by atoms with Crippen LogP contribution >= 0.6 is 11.6 Å². The second kappa shape index (κ2) is 3.76. The maximum atomic E-state index is 10.5. The molecule has 0 aliphatic heterocycles. The lowest BCUT2D eigenvalue weighted by atomic mass is 10.2. The number of nitrogens with zero attached hydrogens (tertiary/aromatic N) is 2. The summed E-state index contributed by atoms with van der Waals surface area (Å²) in [5.74, 6) is -1.11. The molecule has 0 fully saturated rings. The molecule has 1 aromatic heterocycles. The number of rotatable bonds is 3. The average molecular weight is 204 g/mol. The normalized spacial score (nSPS) is 12.8. The fraction of sp³-hybridized carbons (Fsp3) is 0.429. The van der Waals surface area contributed by atoms with Crippen molar-refractivity contribution in [3.63, 3.8) is 0 Å². The summed E-state index contributed by atoms with van der Waals surface area (Å²) in [7, 11) is 0. The van der Waals surface area contributed by atoms with Crippen LogP contribution in [0.25, 0.3) is 0 Å². The monoisotopic (exact) mass is 203 g/mol. The first-order chi connectivity index (χ1) is 6.07. The van der Waals surface area contributed by atoms with Crippen LogP contribution in [0.5, 0.6) is 0 Å². The number of hydrogen-bond donors (Lipinski definition) is 2. The van der Waals surface area contributed by atoms with Gasteiger partial charge in [-0.15, -0.1) is 0 Å². The predicted octanol–water partition coefficient (Wildman–Crippen LogP) is 0.641. The molecule has 5 nitrogen and oxygen atoms in total. The molecule has 0 aliphatic rings. The minimum atomic E-state index is -1.11. The number of aliphatic carboxylic acids is 1. The SMILES string of the molecule is CCn1ncc(C(N)C(=O)O)c1Cl. The zero-order valence-electron chi connectivity index (χ0n) is 7.07. The molecule has 1 unspecified atom stereocenters. The molecule has 0 spiro atoms. The first-order valence-electron chi connectivity index (χ1n) is 3.77. The first kappa shape index (κ1) is 10.0. The molecule has 0 aliphatic carbocycles. The Morgan fingerprint density at radius 3 is 2.92 bits per heavy atom. The molecule has 72 valence electrons. The van der Waals surface area contributed by atoms with Gasteiger partial charge in [0, 0.05) is 12.1 Å². The molecule has 0 aromatic carbocycles. The Morgan fingerprint density at radius 2 is 2.54 bits per heavy atom. The van der Waals surface area contributed by atoms with Crippen LogP contribution in [-0.2, 0) is 11.3 Å². The summed E-state index contributed by atoms with van der Waals surface area (Å²) < 4.78 is 1.49. The molecule has 0 saturated heterocycles. The number of carboxylic acids is 1. The molecular formula is C7H10ClN3O2. The Labute approximate surface area is 80.1 Å². The molecular weight excluding hydrogens is 194 g/mol. The zero-order chi connectivity index (χ0) is 10.0. The van der Waals surface area contributed by atoms with Gasteiger partial charge in [-0.1, -0.05) is 11.6 Å². The lowest BCUT2D eigenvalue weighted by Crippen LogP contribution is -2.20. The van der Waals surface area contributed by atoms with Crippen LogP contribution in [0.1, 0.15) is 18.5 Å². The van der Waals surface area contributed by atoms with Crippen LogP contribution < -0.4 is 5.73 Å². The number of aromatic nitrogens is 2. The van der Waals surface area contributed by atoms with Crippen LogP contribution in [0.3, 0.4) is 0 Å². The number of carboxylic acid groups (broad SMARTS) is 1. The van der Waals surface area contributed by atoms with Gasteiger partial charge in [-0.3, -0.25) is 9.48 Å². The quantitative estimate of drug-likeness (QED) is 0.756. The van der Waals surface area contributed by atoms with E-state index < -0.39 is 12.0 Å². The Hall–Kier alpha value is -1.07. The Morgan fingerprint density at radius 1 is 1.92 bits per heavy atom. The lowest BCUT2D eigenvalue weighted by molar-refractivity contribution is -0.138. The van der Waals surface area contributed by atoms with Gasteiger partial charge in [0.1, 0.15) is 11.2 Å². The molecule has 1 rings (SSSR count). The van der Waals surface area contributed by atoms with Crippen molar-refractivity contribution < 1.29 is 9.90 Å². The standard InChI is InChI=1S/C7H10ClN3O2/c1-2-11-6(8)4(3-10-11)5(9)7(12)13/h3,5H,2,9H2,1H3,(H,12,13). The summed E-state index contributed by atoms with van der Waals surface area (Å²) in [5.41, 5.74) is 5.71. The third-order valence-corrected chi connectivity index (χ3v) is 2.12. The van der Waals surface area contributed by atoms with Crippen LogP contribution in [-0.4, -0.2) is 20.9 Å². The second-order valence-electron chi connectivity index (χ2n) is 2.52. The molecule has 1 heterocycles. The van der Waals surface area contributed by atoms with Crippen LogP contribution in [0, 0.1) is 0 Å². The maximum absolute atomic E-state index is 10.5. The van der Waals surface area contributed by atoms with E-state index in [2.05, 4.69) is 5.10 Å².